The minimum absolute atomic E-state index is 0.0290. The molecule has 1 unspecified atom stereocenters. The number of carbonyl (C=O) groups excluding carboxylic acids is 1. The van der Waals surface area contributed by atoms with Gasteiger partial charge in [-0.05, 0) is 31.0 Å². The average molecular weight is 336 g/mol. The number of rotatable bonds is 5. The maximum atomic E-state index is 12.9. The molecule has 1 aromatic rings. The number of halogens is 1. The van der Waals surface area contributed by atoms with Gasteiger partial charge >= 0.3 is 0 Å². The lowest BCUT2D eigenvalue weighted by molar-refractivity contribution is -0.188. The molecule has 0 aliphatic carbocycles. The zero-order valence-corrected chi connectivity index (χ0v) is 14.1. The highest BCUT2D eigenvalue weighted by molar-refractivity contribution is 5.81. The molecular formula is C18H25FN2O3. The average Bonchev–Trinajstić information content (AvgIpc) is 3.05. The number of piperidine rings is 1. The molecule has 6 heteroatoms. The summed E-state index contributed by atoms with van der Waals surface area (Å²) in [7, 11) is 0. The monoisotopic (exact) mass is 336 g/mol. The number of amides is 1. The number of carbonyl (C=O) groups is 1. The topological polar surface area (TPSA) is 50.8 Å². The molecule has 0 bridgehead atoms. The fourth-order valence-electron chi connectivity index (χ4n) is 3.33. The normalized spacial score (nSPS) is 21.8. The molecule has 0 saturated carbocycles. The summed E-state index contributed by atoms with van der Waals surface area (Å²) in [6.07, 6.45) is 2.31. The molecule has 1 aromatic carbocycles. The van der Waals surface area contributed by atoms with Gasteiger partial charge in [0.25, 0.3) is 0 Å². The van der Waals surface area contributed by atoms with Gasteiger partial charge in [-0.1, -0.05) is 12.1 Å². The van der Waals surface area contributed by atoms with Crippen LogP contribution >= 0.6 is 0 Å². The number of hydrogen-bond acceptors (Lipinski definition) is 4. The van der Waals surface area contributed by atoms with E-state index in [-0.39, 0.29) is 17.8 Å². The largest absolute Gasteiger partial charge is 0.354 e. The second-order valence-electron chi connectivity index (χ2n) is 6.49. The Balaban J connectivity index is 1.41. The van der Waals surface area contributed by atoms with E-state index >= 15 is 0 Å². The number of nitrogens with one attached hydrogen (secondary N) is 1. The molecule has 2 heterocycles. The van der Waals surface area contributed by atoms with Crippen molar-refractivity contribution in [2.24, 2.45) is 0 Å². The number of ether oxygens (including phenoxy) is 2. The summed E-state index contributed by atoms with van der Waals surface area (Å²) in [5, 5.41) is 2.97. The molecule has 132 valence electrons. The third kappa shape index (κ3) is 4.12. The van der Waals surface area contributed by atoms with Gasteiger partial charge in [0.05, 0.1) is 19.3 Å². The molecule has 5 nitrogen and oxygen atoms in total. The first-order valence-electron chi connectivity index (χ1n) is 8.62. The molecular weight excluding hydrogens is 311 g/mol. The van der Waals surface area contributed by atoms with Crippen LogP contribution in [-0.4, -0.2) is 55.5 Å². The Morgan fingerprint density at radius 1 is 1.25 bits per heavy atom. The van der Waals surface area contributed by atoms with E-state index in [1.54, 1.807) is 12.1 Å². The Morgan fingerprint density at radius 2 is 1.88 bits per heavy atom. The van der Waals surface area contributed by atoms with Crippen LogP contribution in [0.2, 0.25) is 0 Å². The molecule has 1 atom stereocenters. The van der Waals surface area contributed by atoms with E-state index in [0.717, 1.165) is 31.5 Å². The van der Waals surface area contributed by atoms with Crippen LogP contribution in [0.4, 0.5) is 4.39 Å². The molecule has 2 aliphatic rings. The zero-order chi connectivity index (χ0) is 17.0. The van der Waals surface area contributed by atoms with E-state index < -0.39 is 5.79 Å². The van der Waals surface area contributed by atoms with Crippen LogP contribution < -0.4 is 5.32 Å². The molecule has 1 amide bonds. The van der Waals surface area contributed by atoms with Gasteiger partial charge in [0.15, 0.2) is 5.79 Å². The smallest absolute Gasteiger partial charge is 0.237 e. The first kappa shape index (κ1) is 17.3. The van der Waals surface area contributed by atoms with Gasteiger partial charge in [-0.25, -0.2) is 4.39 Å². The lowest BCUT2D eigenvalue weighted by Gasteiger charge is -2.39. The van der Waals surface area contributed by atoms with E-state index in [1.165, 1.54) is 12.1 Å². The molecule has 2 fully saturated rings. The van der Waals surface area contributed by atoms with E-state index in [0.29, 0.717) is 26.2 Å². The van der Waals surface area contributed by atoms with Gasteiger partial charge < -0.3 is 14.8 Å². The number of hydrogen-bond donors (Lipinski definition) is 1. The molecule has 2 aliphatic heterocycles. The molecule has 1 spiro atoms. The van der Waals surface area contributed by atoms with Crippen LogP contribution in [0.15, 0.2) is 24.3 Å². The first-order chi connectivity index (χ1) is 11.6. The molecule has 0 radical (unpaired) electrons. The summed E-state index contributed by atoms with van der Waals surface area (Å²) >= 11 is 0. The second-order valence-corrected chi connectivity index (χ2v) is 6.49. The summed E-state index contributed by atoms with van der Waals surface area (Å²) in [5.74, 6) is -0.620. The summed E-state index contributed by atoms with van der Waals surface area (Å²) < 4.78 is 24.3. The van der Waals surface area contributed by atoms with E-state index in [4.69, 9.17) is 9.47 Å². The number of benzene rings is 1. The van der Waals surface area contributed by atoms with E-state index in [9.17, 15) is 9.18 Å². The zero-order valence-electron chi connectivity index (χ0n) is 14.1. The van der Waals surface area contributed by atoms with Gasteiger partial charge in [0.2, 0.25) is 5.91 Å². The van der Waals surface area contributed by atoms with Crippen LogP contribution in [0.25, 0.3) is 0 Å². The minimum atomic E-state index is -0.407. The molecule has 1 N–H and O–H groups in total. The predicted octanol–water partition coefficient (Wildman–Crippen LogP) is 1.71. The molecule has 24 heavy (non-hydrogen) atoms. The quantitative estimate of drug-likeness (QED) is 0.889. The van der Waals surface area contributed by atoms with Crippen molar-refractivity contribution < 1.29 is 18.7 Å². The van der Waals surface area contributed by atoms with E-state index in [2.05, 4.69) is 10.2 Å². The second kappa shape index (κ2) is 7.59. The Bertz CT molecular complexity index is 548. The van der Waals surface area contributed by atoms with Crippen molar-refractivity contribution >= 4 is 5.91 Å². The predicted molar refractivity (Wildman–Crippen MR) is 88.0 cm³/mol. The Hall–Kier alpha value is -1.50. The summed E-state index contributed by atoms with van der Waals surface area (Å²) in [6, 6.07) is 6.21. The third-order valence-electron chi connectivity index (χ3n) is 4.93. The number of nitrogens with zero attached hydrogens (tertiary/aromatic N) is 1. The lowest BCUT2D eigenvalue weighted by Crippen LogP contribution is -2.52. The Morgan fingerprint density at radius 3 is 2.50 bits per heavy atom. The van der Waals surface area contributed by atoms with Gasteiger partial charge in [-0.3, -0.25) is 9.69 Å². The molecule has 0 aromatic heterocycles. The standard InChI is InChI=1S/C18H25FN2O3/c1-14(21-10-7-18(8-11-21)23-12-13-24-18)17(22)20-9-6-15-2-4-16(19)5-3-15/h2-5,14H,6-13H2,1H3,(H,20,22). The van der Waals surface area contributed by atoms with Crippen molar-refractivity contribution in [2.45, 2.75) is 38.0 Å². The Labute approximate surface area is 142 Å². The van der Waals surface area contributed by atoms with Crippen molar-refractivity contribution in [1.29, 1.82) is 0 Å². The maximum Gasteiger partial charge on any atom is 0.237 e. The van der Waals surface area contributed by atoms with Crippen molar-refractivity contribution in [1.82, 2.24) is 10.2 Å². The minimum Gasteiger partial charge on any atom is -0.354 e. The van der Waals surface area contributed by atoms with Gasteiger partial charge in [-0.15, -0.1) is 0 Å². The van der Waals surface area contributed by atoms with Crippen molar-refractivity contribution in [3.63, 3.8) is 0 Å². The van der Waals surface area contributed by atoms with E-state index in [1.807, 2.05) is 6.92 Å². The first-order valence-corrected chi connectivity index (χ1v) is 8.62. The maximum absolute atomic E-state index is 12.9. The van der Waals surface area contributed by atoms with Gasteiger partial charge in [0, 0.05) is 32.5 Å². The summed E-state index contributed by atoms with van der Waals surface area (Å²) in [4.78, 5) is 14.5. The van der Waals surface area contributed by atoms with Crippen molar-refractivity contribution in [3.8, 4) is 0 Å². The van der Waals surface area contributed by atoms with Crippen LogP contribution in [0.1, 0.15) is 25.3 Å². The third-order valence-corrected chi connectivity index (χ3v) is 4.93. The van der Waals surface area contributed by atoms with Gasteiger partial charge in [-0.2, -0.15) is 0 Å². The van der Waals surface area contributed by atoms with Crippen LogP contribution in [0.5, 0.6) is 0 Å². The highest BCUT2D eigenvalue weighted by atomic mass is 19.1. The molecule has 2 saturated heterocycles. The summed E-state index contributed by atoms with van der Waals surface area (Å²) in [5.41, 5.74) is 1.01. The fourth-order valence-corrected chi connectivity index (χ4v) is 3.33. The van der Waals surface area contributed by atoms with Crippen LogP contribution in [-0.2, 0) is 20.7 Å². The lowest BCUT2D eigenvalue weighted by atomic mass is 10.0. The SMILES string of the molecule is CC(C(=O)NCCc1ccc(F)cc1)N1CCC2(CC1)OCCO2. The number of likely N-dealkylation sites (tertiary alicyclic amines) is 1. The van der Waals surface area contributed by atoms with Crippen LogP contribution in [0.3, 0.4) is 0 Å². The van der Waals surface area contributed by atoms with Crippen LogP contribution in [0, 0.1) is 5.82 Å². The molecule has 3 rings (SSSR count). The van der Waals surface area contributed by atoms with Crippen molar-refractivity contribution in [2.75, 3.05) is 32.8 Å². The fraction of sp³-hybridized carbons (Fsp3) is 0.611. The Kier molecular flexibility index (Phi) is 5.48. The highest BCUT2D eigenvalue weighted by Gasteiger charge is 2.41. The van der Waals surface area contributed by atoms with Gasteiger partial charge in [0.1, 0.15) is 5.82 Å². The highest BCUT2D eigenvalue weighted by Crippen LogP contribution is 2.31. The summed E-state index contributed by atoms with van der Waals surface area (Å²) in [6.45, 7) is 5.42. The van der Waals surface area contributed by atoms with Crippen molar-refractivity contribution in [3.05, 3.63) is 35.6 Å².